The van der Waals surface area contributed by atoms with E-state index in [4.69, 9.17) is 17.3 Å². The van der Waals surface area contributed by atoms with Gasteiger partial charge in [-0.3, -0.25) is 9.59 Å². The van der Waals surface area contributed by atoms with Gasteiger partial charge in [0, 0.05) is 18.5 Å². The summed E-state index contributed by atoms with van der Waals surface area (Å²) in [5.41, 5.74) is 3.84. The normalized spacial score (nSPS) is 31.7. The van der Waals surface area contributed by atoms with E-state index in [9.17, 15) is 22.4 Å². The molecular formula is C22H29ClFN3O4S. The average Bonchev–Trinajstić information content (AvgIpc) is 2.71. The fourth-order valence-corrected chi connectivity index (χ4v) is 7.74. The molecule has 4 aliphatic rings. The molecular weight excluding hydrogens is 457 g/mol. The van der Waals surface area contributed by atoms with Crippen molar-refractivity contribution in [2.45, 2.75) is 62.4 Å². The van der Waals surface area contributed by atoms with Crippen molar-refractivity contribution in [3.8, 4) is 0 Å². The van der Waals surface area contributed by atoms with Gasteiger partial charge in [0.05, 0.1) is 9.92 Å². The van der Waals surface area contributed by atoms with Crippen LogP contribution >= 0.6 is 11.6 Å². The summed E-state index contributed by atoms with van der Waals surface area (Å²) < 4.78 is 41.0. The largest absolute Gasteiger partial charge is 0.369 e. The number of sulfonamides is 1. The van der Waals surface area contributed by atoms with Crippen molar-refractivity contribution in [2.24, 2.45) is 28.9 Å². The number of likely N-dealkylation sites (N-methyl/N-ethyl adjacent to an activating group) is 1. The number of carbonyl (C=O) groups is 2. The van der Waals surface area contributed by atoms with Crippen molar-refractivity contribution in [1.29, 1.82) is 0 Å². The van der Waals surface area contributed by atoms with Crippen molar-refractivity contribution < 1.29 is 22.4 Å². The number of halogens is 2. The van der Waals surface area contributed by atoms with Crippen LogP contribution in [0, 0.1) is 29.0 Å². The van der Waals surface area contributed by atoms with E-state index in [1.807, 2.05) is 0 Å². The van der Waals surface area contributed by atoms with Crippen LogP contribution in [0.2, 0.25) is 5.02 Å². The smallest absolute Gasteiger partial charge is 0.243 e. The monoisotopic (exact) mass is 485 g/mol. The second-order valence-electron chi connectivity index (χ2n) is 10.2. The van der Waals surface area contributed by atoms with Crippen molar-refractivity contribution in [1.82, 2.24) is 9.62 Å². The third-order valence-corrected chi connectivity index (χ3v) is 10.3. The topological polar surface area (TPSA) is 110 Å². The molecule has 2 amide bonds. The summed E-state index contributed by atoms with van der Waals surface area (Å²) in [7, 11) is -2.84. The Morgan fingerprint density at radius 2 is 1.81 bits per heavy atom. The molecule has 0 aromatic heterocycles. The maximum absolute atomic E-state index is 13.9. The lowest BCUT2D eigenvalue weighted by atomic mass is 9.47. The molecule has 0 aliphatic heterocycles. The fraction of sp³-hybridized carbons (Fsp3) is 0.636. The van der Waals surface area contributed by atoms with E-state index in [0.29, 0.717) is 18.8 Å². The van der Waals surface area contributed by atoms with Gasteiger partial charge in [-0.15, -0.1) is 0 Å². The first kappa shape index (κ1) is 23.4. The van der Waals surface area contributed by atoms with Gasteiger partial charge in [-0.1, -0.05) is 11.6 Å². The van der Waals surface area contributed by atoms with Crippen molar-refractivity contribution in [3.63, 3.8) is 0 Å². The molecule has 1 aromatic rings. The standard InChI is InChI=1S/C22H29ClFN3O4S/c1-21(2,27(3)32(30,31)15-4-5-16(23)17(24)8-15)20(29)26-18-13-6-12-7-14(18)11-22(9-12,10-13)19(25)28/h4-5,8,12-14,18H,6-7,9-11H2,1-3H3,(H2,25,28)(H,26,29). The lowest BCUT2D eigenvalue weighted by Gasteiger charge is -2.59. The molecule has 4 fully saturated rings. The summed E-state index contributed by atoms with van der Waals surface area (Å²) in [6, 6.07) is 3.12. The van der Waals surface area contributed by atoms with Gasteiger partial charge in [0.2, 0.25) is 21.8 Å². The molecule has 0 saturated heterocycles. The number of rotatable bonds is 6. The van der Waals surface area contributed by atoms with Crippen LogP contribution in [0.3, 0.4) is 0 Å². The van der Waals surface area contributed by atoms with E-state index in [1.54, 1.807) is 0 Å². The molecule has 2 unspecified atom stereocenters. The van der Waals surface area contributed by atoms with E-state index in [-0.39, 0.29) is 33.7 Å². The Balaban J connectivity index is 1.53. The Bertz CT molecular complexity index is 1060. The van der Waals surface area contributed by atoms with Crippen molar-refractivity contribution in [2.75, 3.05) is 7.05 Å². The van der Waals surface area contributed by atoms with Crippen LogP contribution in [0.25, 0.3) is 0 Å². The highest BCUT2D eigenvalue weighted by molar-refractivity contribution is 7.89. The molecule has 5 rings (SSSR count). The van der Waals surface area contributed by atoms with E-state index in [1.165, 1.54) is 33.0 Å². The quantitative estimate of drug-likeness (QED) is 0.645. The average molecular weight is 486 g/mol. The molecule has 10 heteroatoms. The van der Waals surface area contributed by atoms with E-state index >= 15 is 0 Å². The first-order chi connectivity index (χ1) is 14.8. The first-order valence-electron chi connectivity index (χ1n) is 10.8. The van der Waals surface area contributed by atoms with Gasteiger partial charge >= 0.3 is 0 Å². The van der Waals surface area contributed by atoms with E-state index in [2.05, 4.69) is 5.32 Å². The molecule has 4 saturated carbocycles. The lowest BCUT2D eigenvalue weighted by Crippen LogP contribution is -2.65. The highest BCUT2D eigenvalue weighted by Crippen LogP contribution is 2.60. The van der Waals surface area contributed by atoms with E-state index < -0.39 is 32.7 Å². The summed E-state index contributed by atoms with van der Waals surface area (Å²) in [5, 5.41) is 2.91. The molecule has 0 radical (unpaired) electrons. The van der Waals surface area contributed by atoms with Crippen molar-refractivity contribution >= 4 is 33.4 Å². The number of nitrogens with one attached hydrogen (secondary N) is 1. The predicted octanol–water partition coefficient (Wildman–Crippen LogP) is 2.67. The first-order valence-corrected chi connectivity index (χ1v) is 12.6. The van der Waals surface area contributed by atoms with Crippen LogP contribution in [0.4, 0.5) is 4.39 Å². The van der Waals surface area contributed by atoms with Crippen LogP contribution in [0.5, 0.6) is 0 Å². The summed E-state index contributed by atoms with van der Waals surface area (Å²) in [5.74, 6) is -0.766. The Labute approximate surface area is 192 Å². The summed E-state index contributed by atoms with van der Waals surface area (Å²) in [4.78, 5) is 25.2. The highest BCUT2D eigenvalue weighted by atomic mass is 35.5. The third kappa shape index (κ3) is 3.62. The van der Waals surface area contributed by atoms with Crippen LogP contribution in [0.1, 0.15) is 46.0 Å². The minimum atomic E-state index is -4.15. The molecule has 0 heterocycles. The molecule has 7 nitrogen and oxygen atoms in total. The Morgan fingerprint density at radius 1 is 1.22 bits per heavy atom. The molecule has 3 N–H and O–H groups in total. The molecule has 176 valence electrons. The SMILES string of the molecule is CN(C(C)(C)C(=O)NC1C2CC3CC1CC(C(N)=O)(C3)C2)S(=O)(=O)c1ccc(Cl)c(F)c1. The number of benzene rings is 1. The summed E-state index contributed by atoms with van der Waals surface area (Å²) >= 11 is 5.67. The third-order valence-electron chi connectivity index (χ3n) is 7.99. The molecule has 4 aliphatic carbocycles. The Morgan fingerprint density at radius 3 is 2.34 bits per heavy atom. The maximum Gasteiger partial charge on any atom is 0.243 e. The number of carbonyl (C=O) groups excluding carboxylic acids is 2. The number of primary amides is 1. The minimum Gasteiger partial charge on any atom is -0.369 e. The molecule has 1 aromatic carbocycles. The summed E-state index contributed by atoms with van der Waals surface area (Å²) in [6.45, 7) is 3.04. The minimum absolute atomic E-state index is 0.116. The lowest BCUT2D eigenvalue weighted by molar-refractivity contribution is -0.148. The highest BCUT2D eigenvalue weighted by Gasteiger charge is 2.58. The fourth-order valence-electron chi connectivity index (χ4n) is 6.13. The van der Waals surface area contributed by atoms with Crippen LogP contribution in [0.15, 0.2) is 23.1 Å². The van der Waals surface area contributed by atoms with Gasteiger partial charge in [-0.2, -0.15) is 4.31 Å². The van der Waals surface area contributed by atoms with Crippen LogP contribution in [-0.2, 0) is 19.6 Å². The zero-order chi connectivity index (χ0) is 23.6. The number of hydrogen-bond acceptors (Lipinski definition) is 4. The van der Waals surface area contributed by atoms with Gasteiger partial charge in [-0.25, -0.2) is 12.8 Å². The zero-order valence-corrected chi connectivity index (χ0v) is 20.0. The number of amides is 2. The molecule has 32 heavy (non-hydrogen) atoms. The van der Waals surface area contributed by atoms with Crippen LogP contribution < -0.4 is 11.1 Å². The Kier molecular flexibility index (Phi) is 5.62. The number of nitrogens with two attached hydrogens (primary N) is 1. The van der Waals surface area contributed by atoms with E-state index in [0.717, 1.165) is 29.6 Å². The number of hydrogen-bond donors (Lipinski definition) is 2. The van der Waals surface area contributed by atoms with Gasteiger partial charge in [-0.05, 0) is 81.9 Å². The van der Waals surface area contributed by atoms with Gasteiger partial charge in [0.1, 0.15) is 11.4 Å². The predicted molar refractivity (Wildman–Crippen MR) is 118 cm³/mol. The maximum atomic E-state index is 13.9. The second-order valence-corrected chi connectivity index (χ2v) is 12.6. The molecule has 2 atom stereocenters. The van der Waals surface area contributed by atoms with Gasteiger partial charge < -0.3 is 11.1 Å². The summed E-state index contributed by atoms with van der Waals surface area (Å²) in [6.07, 6.45) is 4.04. The van der Waals surface area contributed by atoms with Crippen LogP contribution in [-0.4, -0.2) is 43.2 Å². The van der Waals surface area contributed by atoms with Gasteiger partial charge in [0.15, 0.2) is 0 Å². The number of nitrogens with zero attached hydrogens (tertiary/aromatic N) is 1. The zero-order valence-electron chi connectivity index (χ0n) is 18.4. The van der Waals surface area contributed by atoms with Gasteiger partial charge in [0.25, 0.3) is 0 Å². The van der Waals surface area contributed by atoms with Crippen molar-refractivity contribution in [3.05, 3.63) is 29.0 Å². The molecule has 4 bridgehead atoms. The molecule has 0 spiro atoms. The Hall–Kier alpha value is -1.71. The second kappa shape index (κ2) is 7.67.